The lowest BCUT2D eigenvalue weighted by Gasteiger charge is -2.29. The molecule has 0 aliphatic carbocycles. The van der Waals surface area contributed by atoms with Gasteiger partial charge in [0.15, 0.2) is 0 Å². The van der Waals surface area contributed by atoms with Crippen LogP contribution < -0.4 is 11.5 Å². The highest BCUT2D eigenvalue weighted by molar-refractivity contribution is 5.89. The quantitative estimate of drug-likeness (QED) is 0.627. The number of carbonyl (C=O) groups excluding carboxylic acids is 2. The first kappa shape index (κ1) is 22.1. The summed E-state index contributed by atoms with van der Waals surface area (Å²) in [6.45, 7) is 5.50. The lowest BCUT2D eigenvalue weighted by atomic mass is 9.95. The van der Waals surface area contributed by atoms with Gasteiger partial charge in [-0.25, -0.2) is 0 Å². The highest BCUT2D eigenvalue weighted by Crippen LogP contribution is 2.22. The fourth-order valence-electron chi connectivity index (χ4n) is 3.18. The van der Waals surface area contributed by atoms with Crippen LogP contribution in [0.1, 0.15) is 29.2 Å². The summed E-state index contributed by atoms with van der Waals surface area (Å²) < 4.78 is 0. The van der Waals surface area contributed by atoms with Gasteiger partial charge in [-0.2, -0.15) is 0 Å². The summed E-state index contributed by atoms with van der Waals surface area (Å²) in [5, 5.41) is 9.70. The number of rotatable bonds is 8. The molecule has 0 saturated heterocycles. The van der Waals surface area contributed by atoms with E-state index in [1.54, 1.807) is 37.5 Å². The average Bonchev–Trinajstić information content (AvgIpc) is 2.67. The fourth-order valence-corrected chi connectivity index (χ4v) is 3.18. The first-order valence-electron chi connectivity index (χ1n) is 9.41. The molecule has 2 amide bonds. The van der Waals surface area contributed by atoms with Gasteiger partial charge in [-0.3, -0.25) is 14.6 Å². The second kappa shape index (κ2) is 9.84. The van der Waals surface area contributed by atoms with Gasteiger partial charge < -0.3 is 21.5 Å². The Balaban J connectivity index is 2.18. The summed E-state index contributed by atoms with van der Waals surface area (Å²) in [6.07, 6.45) is 7.26. The minimum atomic E-state index is -0.842. The number of primary amides is 1. The van der Waals surface area contributed by atoms with Crippen LogP contribution in [0.3, 0.4) is 0 Å². The van der Waals surface area contributed by atoms with Crippen LogP contribution >= 0.6 is 0 Å². The molecule has 7 nitrogen and oxygen atoms in total. The third-order valence-corrected chi connectivity index (χ3v) is 4.88. The van der Waals surface area contributed by atoms with Crippen molar-refractivity contribution in [1.82, 2.24) is 9.88 Å². The van der Waals surface area contributed by atoms with E-state index in [0.29, 0.717) is 6.42 Å². The third-order valence-electron chi connectivity index (χ3n) is 4.88. The lowest BCUT2D eigenvalue weighted by Crippen LogP contribution is -2.52. The number of hydrogen-bond acceptors (Lipinski definition) is 5. The molecule has 2 atom stereocenters. The predicted octanol–water partition coefficient (Wildman–Crippen LogP) is 1.69. The molecule has 7 heteroatoms. The molecule has 0 unspecified atom stereocenters. The maximum Gasteiger partial charge on any atom is 0.240 e. The Hall–Kier alpha value is -3.19. The number of phenolic OH excluding ortho intramolecular Hbond substituents is 1. The number of pyridine rings is 1. The van der Waals surface area contributed by atoms with Crippen LogP contribution in [-0.4, -0.2) is 45.4 Å². The van der Waals surface area contributed by atoms with E-state index in [0.717, 1.165) is 22.3 Å². The number of aromatic hydroxyl groups is 1. The molecule has 1 aromatic carbocycles. The van der Waals surface area contributed by atoms with Crippen LogP contribution in [0.25, 0.3) is 6.08 Å². The van der Waals surface area contributed by atoms with Crippen molar-refractivity contribution < 1.29 is 14.7 Å². The summed E-state index contributed by atoms with van der Waals surface area (Å²) in [7, 11) is 0. The Morgan fingerprint density at radius 2 is 1.93 bits per heavy atom. The third kappa shape index (κ3) is 5.89. The summed E-state index contributed by atoms with van der Waals surface area (Å²) in [4.78, 5) is 30.2. The number of carbonyl (C=O) groups is 2. The van der Waals surface area contributed by atoms with E-state index in [-0.39, 0.29) is 18.2 Å². The fraction of sp³-hybridized carbons (Fsp3) is 0.318. The Labute approximate surface area is 171 Å². The number of hydrogen-bond donors (Lipinski definition) is 3. The molecule has 0 bridgehead atoms. The molecule has 0 aliphatic rings. The Morgan fingerprint density at radius 1 is 1.28 bits per heavy atom. The molecular weight excluding hydrogens is 368 g/mol. The first-order chi connectivity index (χ1) is 13.7. The van der Waals surface area contributed by atoms with Crippen molar-refractivity contribution in [2.24, 2.45) is 11.5 Å². The number of benzene rings is 1. The lowest BCUT2D eigenvalue weighted by molar-refractivity contribution is -0.139. The zero-order valence-electron chi connectivity index (χ0n) is 17.0. The molecular formula is C22H28N4O3. The maximum atomic E-state index is 13.0. The second-order valence-corrected chi connectivity index (χ2v) is 7.13. The van der Waals surface area contributed by atoms with Crippen molar-refractivity contribution in [3.63, 3.8) is 0 Å². The van der Waals surface area contributed by atoms with E-state index in [1.807, 2.05) is 32.1 Å². The van der Waals surface area contributed by atoms with E-state index in [9.17, 15) is 14.7 Å². The average molecular weight is 396 g/mol. The van der Waals surface area contributed by atoms with Gasteiger partial charge in [-0.05, 0) is 67.6 Å². The van der Waals surface area contributed by atoms with Gasteiger partial charge in [0.05, 0.1) is 6.04 Å². The van der Waals surface area contributed by atoms with E-state index >= 15 is 0 Å². The number of amides is 2. The van der Waals surface area contributed by atoms with Gasteiger partial charge >= 0.3 is 0 Å². The molecule has 0 aliphatic heterocycles. The minimum Gasteiger partial charge on any atom is -0.508 e. The largest absolute Gasteiger partial charge is 0.508 e. The summed E-state index contributed by atoms with van der Waals surface area (Å²) >= 11 is 0. The maximum absolute atomic E-state index is 13.0. The Kier molecular flexibility index (Phi) is 7.50. The molecule has 29 heavy (non-hydrogen) atoms. The summed E-state index contributed by atoms with van der Waals surface area (Å²) in [5.74, 6) is -0.788. The molecule has 1 heterocycles. The van der Waals surface area contributed by atoms with Gasteiger partial charge in [0.25, 0.3) is 0 Å². The standard InChI is InChI=1S/C22H28N4O3/c1-14-10-18(27)11-15(2)19(14)12-20(23)22(29)26(16(3)21(24)28)9-5-7-17-6-4-8-25-13-17/h4-8,10-11,13,16,20,27H,9,12,23H2,1-3H3,(H2,24,28)/t16-,20+/m1/s1. The molecule has 0 radical (unpaired) electrons. The van der Waals surface area contributed by atoms with Crippen molar-refractivity contribution in [2.45, 2.75) is 39.3 Å². The van der Waals surface area contributed by atoms with Gasteiger partial charge in [-0.15, -0.1) is 0 Å². The van der Waals surface area contributed by atoms with Crippen molar-refractivity contribution in [3.05, 3.63) is 65.0 Å². The monoisotopic (exact) mass is 396 g/mol. The van der Waals surface area contributed by atoms with Gasteiger partial charge in [0.2, 0.25) is 11.8 Å². The SMILES string of the molecule is Cc1cc(O)cc(C)c1C[C@H](N)C(=O)N(CC=Cc1cccnc1)[C@H](C)C(N)=O. The van der Waals surface area contributed by atoms with Gasteiger partial charge in [0.1, 0.15) is 11.8 Å². The van der Waals surface area contributed by atoms with Gasteiger partial charge in [0, 0.05) is 18.9 Å². The second-order valence-electron chi connectivity index (χ2n) is 7.13. The Morgan fingerprint density at radius 3 is 2.48 bits per heavy atom. The topological polar surface area (TPSA) is 123 Å². The van der Waals surface area contributed by atoms with E-state index < -0.39 is 18.0 Å². The zero-order valence-corrected chi connectivity index (χ0v) is 17.0. The predicted molar refractivity (Wildman–Crippen MR) is 113 cm³/mol. The molecule has 0 fully saturated rings. The van der Waals surface area contributed by atoms with Crippen LogP contribution in [0, 0.1) is 13.8 Å². The van der Waals surface area contributed by atoms with Crippen molar-refractivity contribution >= 4 is 17.9 Å². The van der Waals surface area contributed by atoms with Crippen LogP contribution in [-0.2, 0) is 16.0 Å². The Bertz CT molecular complexity index is 873. The zero-order chi connectivity index (χ0) is 21.6. The summed E-state index contributed by atoms with van der Waals surface area (Å²) in [5.41, 5.74) is 15.1. The highest BCUT2D eigenvalue weighted by atomic mass is 16.3. The molecule has 1 aromatic heterocycles. The number of phenols is 1. The molecule has 154 valence electrons. The first-order valence-corrected chi connectivity index (χ1v) is 9.41. The number of nitrogens with zero attached hydrogens (tertiary/aromatic N) is 2. The van der Waals surface area contributed by atoms with Gasteiger partial charge in [-0.1, -0.05) is 18.2 Å². The number of aryl methyl sites for hydroxylation is 2. The van der Waals surface area contributed by atoms with Crippen LogP contribution in [0.4, 0.5) is 0 Å². The van der Waals surface area contributed by atoms with Crippen molar-refractivity contribution in [2.75, 3.05) is 6.54 Å². The molecule has 2 rings (SSSR count). The van der Waals surface area contributed by atoms with Crippen LogP contribution in [0.2, 0.25) is 0 Å². The summed E-state index contributed by atoms with van der Waals surface area (Å²) in [6, 6.07) is 5.34. The van der Waals surface area contributed by atoms with Crippen molar-refractivity contribution in [3.8, 4) is 5.75 Å². The normalized spacial score (nSPS) is 13.2. The molecule has 5 N–H and O–H groups in total. The molecule has 0 saturated carbocycles. The highest BCUT2D eigenvalue weighted by Gasteiger charge is 2.28. The van der Waals surface area contributed by atoms with Crippen molar-refractivity contribution in [1.29, 1.82) is 0 Å². The molecule has 2 aromatic rings. The minimum absolute atomic E-state index is 0.174. The number of nitrogens with two attached hydrogens (primary N) is 2. The van der Waals surface area contributed by atoms with E-state index in [2.05, 4.69) is 4.98 Å². The van der Waals surface area contributed by atoms with Crippen LogP contribution in [0.15, 0.2) is 42.7 Å². The van der Waals surface area contributed by atoms with E-state index in [1.165, 1.54) is 4.90 Å². The van der Waals surface area contributed by atoms with Crippen LogP contribution in [0.5, 0.6) is 5.75 Å². The molecule has 0 spiro atoms. The number of aromatic nitrogens is 1. The van der Waals surface area contributed by atoms with E-state index in [4.69, 9.17) is 11.5 Å². The smallest absolute Gasteiger partial charge is 0.240 e.